The second-order valence-electron chi connectivity index (χ2n) is 6.28. The molecule has 0 fully saturated rings. The van der Waals surface area contributed by atoms with Gasteiger partial charge in [-0.3, -0.25) is 4.79 Å². The third-order valence-corrected chi connectivity index (χ3v) is 4.47. The average Bonchev–Trinajstić information content (AvgIpc) is 3.39. The molecule has 3 heterocycles. The molecule has 0 aliphatic rings. The summed E-state index contributed by atoms with van der Waals surface area (Å²) in [4.78, 5) is 16.9. The Morgan fingerprint density at radius 2 is 1.96 bits per heavy atom. The Balaban J connectivity index is 1.48. The lowest BCUT2D eigenvalue weighted by Crippen LogP contribution is -2.27. The van der Waals surface area contributed by atoms with Gasteiger partial charge >= 0.3 is 0 Å². The smallest absolute Gasteiger partial charge is 0.251 e. The minimum Gasteiger partial charge on any atom is -0.345 e. The number of carbonyl (C=O) groups excluding carboxylic acids is 1. The van der Waals surface area contributed by atoms with E-state index in [1.807, 2.05) is 32.0 Å². The van der Waals surface area contributed by atoms with Crippen molar-refractivity contribution in [3.8, 4) is 11.5 Å². The van der Waals surface area contributed by atoms with E-state index in [2.05, 4.69) is 30.9 Å². The van der Waals surface area contributed by atoms with Crippen LogP contribution in [0, 0.1) is 6.92 Å². The SMILES string of the molecule is Cc1c([C@@H](C)NC(=O)c2ccc(-n3cnnn3)cc2)cnn1-c1ccccn1. The van der Waals surface area contributed by atoms with E-state index >= 15 is 0 Å². The van der Waals surface area contributed by atoms with Crippen molar-refractivity contribution in [2.24, 2.45) is 0 Å². The zero-order valence-corrected chi connectivity index (χ0v) is 15.4. The summed E-state index contributed by atoms with van der Waals surface area (Å²) < 4.78 is 3.29. The number of amides is 1. The molecule has 0 radical (unpaired) electrons. The summed E-state index contributed by atoms with van der Waals surface area (Å²) in [6, 6.07) is 12.5. The Morgan fingerprint density at radius 3 is 2.64 bits per heavy atom. The average molecular weight is 374 g/mol. The Hall–Kier alpha value is -3.88. The van der Waals surface area contributed by atoms with Gasteiger partial charge in [0, 0.05) is 23.0 Å². The van der Waals surface area contributed by atoms with Crippen LogP contribution in [0.2, 0.25) is 0 Å². The molecule has 0 spiro atoms. The summed E-state index contributed by atoms with van der Waals surface area (Å²) in [6.07, 6.45) is 4.98. The van der Waals surface area contributed by atoms with E-state index in [-0.39, 0.29) is 11.9 Å². The van der Waals surface area contributed by atoms with Crippen LogP contribution >= 0.6 is 0 Å². The fourth-order valence-electron chi connectivity index (χ4n) is 2.96. The van der Waals surface area contributed by atoms with Gasteiger partial charge in [-0.1, -0.05) is 6.07 Å². The predicted molar refractivity (Wildman–Crippen MR) is 101 cm³/mol. The molecule has 140 valence electrons. The Bertz CT molecular complexity index is 1070. The number of nitrogens with zero attached hydrogens (tertiary/aromatic N) is 7. The molecular weight excluding hydrogens is 356 g/mol. The van der Waals surface area contributed by atoms with Crippen molar-refractivity contribution in [3.63, 3.8) is 0 Å². The molecule has 1 atom stereocenters. The molecule has 3 aromatic heterocycles. The topological polar surface area (TPSA) is 103 Å². The van der Waals surface area contributed by atoms with E-state index in [1.54, 1.807) is 41.3 Å². The standard InChI is InChI=1S/C19H18N8O/c1-13(17-11-22-27(14(17)2)18-5-3-4-10-20-18)23-19(28)15-6-8-16(9-7-15)26-12-21-24-25-26/h3-13H,1-2H3,(H,23,28)/t13-/m1/s1. The lowest BCUT2D eigenvalue weighted by Gasteiger charge is -2.14. The van der Waals surface area contributed by atoms with Gasteiger partial charge in [-0.15, -0.1) is 5.10 Å². The summed E-state index contributed by atoms with van der Waals surface area (Å²) in [5, 5.41) is 18.5. The Labute approximate surface area is 161 Å². The molecular formula is C19H18N8O. The van der Waals surface area contributed by atoms with Gasteiger partial charge in [0.15, 0.2) is 5.82 Å². The van der Waals surface area contributed by atoms with Crippen molar-refractivity contribution in [2.45, 2.75) is 19.9 Å². The Kier molecular flexibility index (Phi) is 4.63. The van der Waals surface area contributed by atoms with E-state index in [9.17, 15) is 4.79 Å². The van der Waals surface area contributed by atoms with Gasteiger partial charge in [-0.05, 0) is 60.7 Å². The van der Waals surface area contributed by atoms with Gasteiger partial charge in [0.1, 0.15) is 6.33 Å². The summed E-state index contributed by atoms with van der Waals surface area (Å²) in [5.74, 6) is 0.573. The molecule has 1 aromatic carbocycles. The number of hydrogen-bond acceptors (Lipinski definition) is 6. The van der Waals surface area contributed by atoms with Crippen LogP contribution in [-0.4, -0.2) is 40.9 Å². The Morgan fingerprint density at radius 1 is 1.14 bits per heavy atom. The molecule has 0 saturated heterocycles. The van der Waals surface area contributed by atoms with Crippen molar-refractivity contribution in [3.05, 3.63) is 78.0 Å². The molecule has 1 N–H and O–H groups in total. The van der Waals surface area contributed by atoms with Gasteiger partial charge in [-0.25, -0.2) is 14.3 Å². The van der Waals surface area contributed by atoms with Crippen LogP contribution in [0.5, 0.6) is 0 Å². The van der Waals surface area contributed by atoms with Crippen LogP contribution in [0.4, 0.5) is 0 Å². The largest absolute Gasteiger partial charge is 0.345 e. The summed E-state index contributed by atoms with van der Waals surface area (Å²) >= 11 is 0. The third-order valence-electron chi connectivity index (χ3n) is 4.47. The van der Waals surface area contributed by atoms with Crippen molar-refractivity contribution >= 4 is 5.91 Å². The first-order valence-corrected chi connectivity index (χ1v) is 8.73. The number of hydrogen-bond donors (Lipinski definition) is 1. The lowest BCUT2D eigenvalue weighted by molar-refractivity contribution is 0.0940. The van der Waals surface area contributed by atoms with Crippen LogP contribution in [0.25, 0.3) is 11.5 Å². The minimum absolute atomic E-state index is 0.166. The molecule has 0 aliphatic carbocycles. The number of tetrazole rings is 1. The maximum Gasteiger partial charge on any atom is 0.251 e. The van der Waals surface area contributed by atoms with E-state index in [0.717, 1.165) is 22.8 Å². The number of aromatic nitrogens is 7. The second-order valence-corrected chi connectivity index (χ2v) is 6.28. The van der Waals surface area contributed by atoms with Crippen LogP contribution in [-0.2, 0) is 0 Å². The van der Waals surface area contributed by atoms with E-state index < -0.39 is 0 Å². The monoisotopic (exact) mass is 374 g/mol. The fourth-order valence-corrected chi connectivity index (χ4v) is 2.96. The first-order valence-electron chi connectivity index (χ1n) is 8.73. The molecule has 0 aliphatic heterocycles. The van der Waals surface area contributed by atoms with Gasteiger partial charge < -0.3 is 5.32 Å². The minimum atomic E-state index is -0.204. The van der Waals surface area contributed by atoms with Gasteiger partial charge in [0.25, 0.3) is 5.91 Å². The summed E-state index contributed by atoms with van der Waals surface area (Å²) in [5.41, 5.74) is 3.20. The highest BCUT2D eigenvalue weighted by Gasteiger charge is 2.17. The van der Waals surface area contributed by atoms with Crippen LogP contribution in [0.15, 0.2) is 61.2 Å². The second kappa shape index (κ2) is 7.39. The highest BCUT2D eigenvalue weighted by molar-refractivity contribution is 5.94. The maximum absolute atomic E-state index is 12.6. The summed E-state index contributed by atoms with van der Waals surface area (Å²) in [6.45, 7) is 3.89. The molecule has 0 unspecified atom stereocenters. The number of nitrogens with one attached hydrogen (secondary N) is 1. The molecule has 9 heteroatoms. The number of rotatable bonds is 5. The van der Waals surface area contributed by atoms with E-state index in [1.165, 1.54) is 11.0 Å². The quantitative estimate of drug-likeness (QED) is 0.573. The first-order chi connectivity index (χ1) is 13.6. The molecule has 1 amide bonds. The maximum atomic E-state index is 12.6. The number of carbonyl (C=O) groups is 1. The molecule has 9 nitrogen and oxygen atoms in total. The zero-order valence-electron chi connectivity index (χ0n) is 15.4. The highest BCUT2D eigenvalue weighted by atomic mass is 16.1. The molecule has 4 aromatic rings. The van der Waals surface area contributed by atoms with E-state index in [0.29, 0.717) is 5.56 Å². The zero-order chi connectivity index (χ0) is 19.5. The van der Waals surface area contributed by atoms with Crippen molar-refractivity contribution in [2.75, 3.05) is 0 Å². The van der Waals surface area contributed by atoms with Gasteiger partial charge in [0.2, 0.25) is 0 Å². The first kappa shape index (κ1) is 17.5. The summed E-state index contributed by atoms with van der Waals surface area (Å²) in [7, 11) is 0. The molecule has 4 rings (SSSR count). The van der Waals surface area contributed by atoms with Crippen LogP contribution in [0.3, 0.4) is 0 Å². The number of pyridine rings is 1. The van der Waals surface area contributed by atoms with E-state index in [4.69, 9.17) is 0 Å². The van der Waals surface area contributed by atoms with Crippen LogP contribution < -0.4 is 5.32 Å². The van der Waals surface area contributed by atoms with Crippen molar-refractivity contribution < 1.29 is 4.79 Å². The van der Waals surface area contributed by atoms with Crippen molar-refractivity contribution in [1.82, 2.24) is 40.3 Å². The third kappa shape index (κ3) is 3.37. The molecule has 0 saturated carbocycles. The van der Waals surface area contributed by atoms with Crippen LogP contribution in [0.1, 0.15) is 34.6 Å². The lowest BCUT2D eigenvalue weighted by atomic mass is 10.1. The van der Waals surface area contributed by atoms with Crippen molar-refractivity contribution in [1.29, 1.82) is 0 Å². The molecule has 28 heavy (non-hydrogen) atoms. The van der Waals surface area contributed by atoms with Gasteiger partial charge in [0.05, 0.1) is 17.9 Å². The predicted octanol–water partition coefficient (Wildman–Crippen LogP) is 2.04. The highest BCUT2D eigenvalue weighted by Crippen LogP contribution is 2.20. The molecule has 0 bridgehead atoms. The normalized spacial score (nSPS) is 11.9. The fraction of sp³-hybridized carbons (Fsp3) is 0.158. The van der Waals surface area contributed by atoms with Gasteiger partial charge in [-0.2, -0.15) is 5.10 Å². The number of benzene rings is 1.